The summed E-state index contributed by atoms with van der Waals surface area (Å²) < 4.78 is 12.0. The molecule has 1 heterocycles. The van der Waals surface area contributed by atoms with E-state index in [4.69, 9.17) is 9.47 Å². The van der Waals surface area contributed by atoms with Crippen molar-refractivity contribution in [1.82, 2.24) is 10.3 Å². The highest BCUT2D eigenvalue weighted by molar-refractivity contribution is 9.10. The van der Waals surface area contributed by atoms with Crippen LogP contribution in [0.3, 0.4) is 0 Å². The van der Waals surface area contributed by atoms with Gasteiger partial charge in [-0.3, -0.25) is 4.98 Å². The van der Waals surface area contributed by atoms with E-state index in [9.17, 15) is 0 Å². The van der Waals surface area contributed by atoms with E-state index in [2.05, 4.69) is 33.2 Å². The van der Waals surface area contributed by atoms with Gasteiger partial charge in [-0.1, -0.05) is 13.0 Å². The van der Waals surface area contributed by atoms with E-state index in [1.54, 1.807) is 20.4 Å². The first-order valence-corrected chi connectivity index (χ1v) is 7.56. The fourth-order valence-corrected chi connectivity index (χ4v) is 2.80. The predicted octanol–water partition coefficient (Wildman–Crippen LogP) is 3.56. The Hall–Kier alpha value is -1.59. The van der Waals surface area contributed by atoms with Crippen LogP contribution in [-0.4, -0.2) is 25.7 Å². The smallest absolute Gasteiger partial charge is 0.127 e. The molecule has 0 spiro atoms. The molecule has 2 rings (SSSR count). The zero-order valence-electron chi connectivity index (χ0n) is 12.4. The largest absolute Gasteiger partial charge is 0.496 e. The summed E-state index contributed by atoms with van der Waals surface area (Å²) in [5, 5.41) is 3.45. The zero-order valence-corrected chi connectivity index (χ0v) is 14.0. The minimum Gasteiger partial charge on any atom is -0.496 e. The topological polar surface area (TPSA) is 43.4 Å². The third kappa shape index (κ3) is 3.36. The summed E-state index contributed by atoms with van der Waals surface area (Å²) in [6, 6.07) is 9.54. The van der Waals surface area contributed by atoms with Crippen molar-refractivity contribution in [3.05, 3.63) is 52.3 Å². The average Bonchev–Trinajstić information content (AvgIpc) is 2.52. The highest BCUT2D eigenvalue weighted by Gasteiger charge is 2.24. The van der Waals surface area contributed by atoms with E-state index in [0.29, 0.717) is 0 Å². The Morgan fingerprint density at radius 3 is 2.33 bits per heavy atom. The number of pyridine rings is 1. The first kappa shape index (κ1) is 15.8. The second kappa shape index (κ2) is 7.43. The molecule has 4 nitrogen and oxygen atoms in total. The van der Waals surface area contributed by atoms with Gasteiger partial charge in [-0.05, 0) is 46.7 Å². The molecule has 5 heteroatoms. The van der Waals surface area contributed by atoms with Gasteiger partial charge < -0.3 is 14.8 Å². The normalized spacial score (nSPS) is 12.0. The van der Waals surface area contributed by atoms with E-state index in [-0.39, 0.29) is 6.04 Å². The van der Waals surface area contributed by atoms with Crippen molar-refractivity contribution in [2.45, 2.75) is 13.0 Å². The van der Waals surface area contributed by atoms with Crippen molar-refractivity contribution in [1.29, 1.82) is 0 Å². The van der Waals surface area contributed by atoms with Crippen LogP contribution in [0, 0.1) is 0 Å². The van der Waals surface area contributed by atoms with Gasteiger partial charge in [0.1, 0.15) is 11.5 Å². The summed E-state index contributed by atoms with van der Waals surface area (Å²) in [5.74, 6) is 1.55. The maximum Gasteiger partial charge on any atom is 0.127 e. The third-order valence-electron chi connectivity index (χ3n) is 3.22. The Morgan fingerprint density at radius 2 is 1.81 bits per heavy atom. The summed E-state index contributed by atoms with van der Waals surface area (Å²) in [6.07, 6.45) is 1.78. The van der Waals surface area contributed by atoms with E-state index in [0.717, 1.165) is 33.8 Å². The van der Waals surface area contributed by atoms with Crippen molar-refractivity contribution >= 4 is 15.9 Å². The number of nitrogens with zero attached hydrogens (tertiary/aromatic N) is 1. The number of aromatic nitrogens is 1. The first-order chi connectivity index (χ1) is 10.2. The van der Waals surface area contributed by atoms with Crippen molar-refractivity contribution in [3.8, 4) is 11.5 Å². The van der Waals surface area contributed by atoms with E-state index in [1.165, 1.54) is 0 Å². The molecular weight excluding hydrogens is 332 g/mol. The number of hydrogen-bond acceptors (Lipinski definition) is 4. The minimum absolute atomic E-state index is 0.114. The molecule has 21 heavy (non-hydrogen) atoms. The summed E-state index contributed by atoms with van der Waals surface area (Å²) in [7, 11) is 3.32. The molecule has 0 fully saturated rings. The Labute approximate surface area is 133 Å². The average molecular weight is 351 g/mol. The highest BCUT2D eigenvalue weighted by atomic mass is 79.9. The van der Waals surface area contributed by atoms with Crippen LogP contribution in [0.2, 0.25) is 0 Å². The monoisotopic (exact) mass is 350 g/mol. The van der Waals surface area contributed by atoms with Gasteiger partial charge >= 0.3 is 0 Å². The molecule has 0 aliphatic heterocycles. The lowest BCUT2D eigenvalue weighted by Gasteiger charge is -2.23. The van der Waals surface area contributed by atoms with Crippen LogP contribution < -0.4 is 14.8 Å². The molecular formula is C16H19BrN2O2. The number of halogens is 1. The quantitative estimate of drug-likeness (QED) is 0.864. The lowest BCUT2D eigenvalue weighted by molar-refractivity contribution is 0.376. The van der Waals surface area contributed by atoms with Gasteiger partial charge in [-0.2, -0.15) is 0 Å². The maximum absolute atomic E-state index is 5.51. The summed E-state index contributed by atoms with van der Waals surface area (Å²) >= 11 is 3.57. The lowest BCUT2D eigenvalue weighted by atomic mass is 10.0. The summed E-state index contributed by atoms with van der Waals surface area (Å²) in [6.45, 7) is 2.86. The Kier molecular flexibility index (Phi) is 5.59. The van der Waals surface area contributed by atoms with Crippen molar-refractivity contribution < 1.29 is 9.47 Å². The first-order valence-electron chi connectivity index (χ1n) is 6.77. The maximum atomic E-state index is 5.51. The van der Waals surface area contributed by atoms with Gasteiger partial charge in [-0.25, -0.2) is 0 Å². The van der Waals surface area contributed by atoms with Crippen LogP contribution in [0.5, 0.6) is 11.5 Å². The Balaban J connectivity index is 2.61. The van der Waals surface area contributed by atoms with E-state index < -0.39 is 0 Å². The minimum atomic E-state index is -0.114. The molecule has 0 bridgehead atoms. The molecule has 1 N–H and O–H groups in total. The van der Waals surface area contributed by atoms with Gasteiger partial charge in [0.2, 0.25) is 0 Å². The molecule has 1 aromatic heterocycles. The van der Waals surface area contributed by atoms with Crippen LogP contribution in [-0.2, 0) is 0 Å². The fourth-order valence-electron chi connectivity index (χ4n) is 2.31. The summed E-state index contributed by atoms with van der Waals surface area (Å²) in [4.78, 5) is 4.50. The predicted molar refractivity (Wildman–Crippen MR) is 87.0 cm³/mol. The fraction of sp³-hybridized carbons (Fsp3) is 0.312. The molecule has 0 saturated carbocycles. The number of nitrogens with one attached hydrogen (secondary N) is 1. The van der Waals surface area contributed by atoms with Gasteiger partial charge in [0, 0.05) is 10.7 Å². The number of hydrogen-bond donors (Lipinski definition) is 1. The lowest BCUT2D eigenvalue weighted by Crippen LogP contribution is -2.24. The van der Waals surface area contributed by atoms with Gasteiger partial charge in [0.05, 0.1) is 31.5 Å². The molecule has 0 aliphatic carbocycles. The molecule has 112 valence electrons. The van der Waals surface area contributed by atoms with Gasteiger partial charge in [-0.15, -0.1) is 0 Å². The van der Waals surface area contributed by atoms with Crippen molar-refractivity contribution in [2.75, 3.05) is 20.8 Å². The molecule has 1 unspecified atom stereocenters. The number of rotatable bonds is 6. The third-order valence-corrected chi connectivity index (χ3v) is 3.89. The Bertz CT molecular complexity index is 582. The molecule has 0 saturated heterocycles. The van der Waals surface area contributed by atoms with Crippen LogP contribution in [0.15, 0.2) is 41.0 Å². The van der Waals surface area contributed by atoms with Crippen LogP contribution >= 0.6 is 15.9 Å². The zero-order chi connectivity index (χ0) is 15.2. The molecule has 1 aromatic carbocycles. The van der Waals surface area contributed by atoms with Gasteiger partial charge in [0.25, 0.3) is 0 Å². The SMILES string of the molecule is CCNC(c1ncccc1Br)c1c(OC)cccc1OC. The second-order valence-corrected chi connectivity index (χ2v) is 5.29. The molecule has 2 aromatic rings. The Morgan fingerprint density at radius 1 is 1.14 bits per heavy atom. The molecule has 0 radical (unpaired) electrons. The standard InChI is InChI=1S/C16H19BrN2O2/c1-4-18-16(15-11(17)7-6-10-19-15)14-12(20-2)8-5-9-13(14)21-3/h5-10,16,18H,4H2,1-3H3. The molecule has 0 aliphatic rings. The number of ether oxygens (including phenoxy) is 2. The van der Waals surface area contributed by atoms with Crippen molar-refractivity contribution in [2.24, 2.45) is 0 Å². The van der Waals surface area contributed by atoms with Crippen LogP contribution in [0.25, 0.3) is 0 Å². The van der Waals surface area contributed by atoms with Gasteiger partial charge in [0.15, 0.2) is 0 Å². The number of benzene rings is 1. The molecule has 1 atom stereocenters. The van der Waals surface area contributed by atoms with Crippen LogP contribution in [0.1, 0.15) is 24.2 Å². The summed E-state index contributed by atoms with van der Waals surface area (Å²) in [5.41, 5.74) is 1.85. The van der Waals surface area contributed by atoms with E-state index >= 15 is 0 Å². The second-order valence-electron chi connectivity index (χ2n) is 4.44. The molecule has 0 amide bonds. The van der Waals surface area contributed by atoms with Crippen molar-refractivity contribution in [3.63, 3.8) is 0 Å². The number of methoxy groups -OCH3 is 2. The van der Waals surface area contributed by atoms with E-state index in [1.807, 2.05) is 30.3 Å². The van der Waals surface area contributed by atoms with Crippen LogP contribution in [0.4, 0.5) is 0 Å². The highest BCUT2D eigenvalue weighted by Crippen LogP contribution is 2.38.